The van der Waals surface area contributed by atoms with Crippen LogP contribution in [0.3, 0.4) is 0 Å². The molecule has 0 aliphatic heterocycles. The summed E-state index contributed by atoms with van der Waals surface area (Å²) in [5.74, 6) is -1.85. The smallest absolute Gasteiger partial charge is 0.264 e. The third-order valence-corrected chi connectivity index (χ3v) is 5.66. The predicted octanol–water partition coefficient (Wildman–Crippen LogP) is 5.01. The van der Waals surface area contributed by atoms with E-state index >= 15 is 0 Å². The van der Waals surface area contributed by atoms with Crippen molar-refractivity contribution in [2.75, 3.05) is 14.2 Å². The fourth-order valence-corrected chi connectivity index (χ4v) is 3.87. The van der Waals surface area contributed by atoms with Gasteiger partial charge in [0.1, 0.15) is 28.6 Å². The lowest BCUT2D eigenvalue weighted by atomic mass is 9.96. The quantitative estimate of drug-likeness (QED) is 0.304. The molecule has 11 heteroatoms. The minimum absolute atomic E-state index is 0.0465. The van der Waals surface area contributed by atoms with E-state index in [1.165, 1.54) is 20.3 Å². The number of unbranched alkanes of at least 4 members (excludes halogenated alkanes) is 1. The molecule has 0 saturated heterocycles. The minimum Gasteiger partial charge on any atom is -0.506 e. The van der Waals surface area contributed by atoms with E-state index in [2.05, 4.69) is 15.2 Å². The van der Waals surface area contributed by atoms with Gasteiger partial charge in [-0.05, 0) is 37.1 Å². The van der Waals surface area contributed by atoms with Gasteiger partial charge in [-0.3, -0.25) is 4.79 Å². The van der Waals surface area contributed by atoms with Crippen LogP contribution in [0.5, 0.6) is 23.0 Å². The Morgan fingerprint density at radius 3 is 2.38 bits per heavy atom. The van der Waals surface area contributed by atoms with E-state index in [9.17, 15) is 18.7 Å². The largest absolute Gasteiger partial charge is 0.506 e. The van der Waals surface area contributed by atoms with Gasteiger partial charge in [-0.2, -0.15) is 0 Å². The van der Waals surface area contributed by atoms with E-state index < -0.39 is 17.2 Å². The second kappa shape index (κ2) is 11.1. The number of halogens is 2. The van der Waals surface area contributed by atoms with E-state index in [0.29, 0.717) is 34.7 Å². The number of nitrogens with one attached hydrogen (secondary N) is 1. The number of nitrogens with zero attached hydrogens (tertiary/aromatic N) is 2. The van der Waals surface area contributed by atoms with E-state index in [4.69, 9.17) is 18.6 Å². The molecule has 9 nitrogen and oxygen atoms in total. The van der Waals surface area contributed by atoms with Gasteiger partial charge in [0, 0.05) is 11.8 Å². The number of pyridine rings is 1. The average Bonchev–Trinajstić information content (AvgIpc) is 3.36. The van der Waals surface area contributed by atoms with Gasteiger partial charge in [-0.25, -0.2) is 8.78 Å². The number of hydrogen-bond donors (Lipinski definition) is 2. The molecule has 2 heterocycles. The summed E-state index contributed by atoms with van der Waals surface area (Å²) in [5.41, 5.74) is 0.398. The molecule has 0 fully saturated rings. The van der Waals surface area contributed by atoms with E-state index in [1.807, 2.05) is 6.92 Å². The fourth-order valence-electron chi connectivity index (χ4n) is 3.87. The van der Waals surface area contributed by atoms with Gasteiger partial charge in [-0.1, -0.05) is 19.4 Å². The predicted molar refractivity (Wildman–Crippen MR) is 130 cm³/mol. The maximum atomic E-state index is 13.4. The van der Waals surface area contributed by atoms with Crippen LogP contribution in [0.15, 0.2) is 45.6 Å². The number of rotatable bonds is 10. The van der Waals surface area contributed by atoms with Gasteiger partial charge in [-0.15, -0.1) is 10.2 Å². The summed E-state index contributed by atoms with van der Waals surface area (Å²) in [6.45, 7) is 1.73. The van der Waals surface area contributed by atoms with Crippen molar-refractivity contribution >= 4 is 0 Å². The number of aromatic amines is 1. The van der Waals surface area contributed by atoms with Crippen LogP contribution in [-0.2, 0) is 13.0 Å². The Balaban J connectivity index is 1.77. The van der Waals surface area contributed by atoms with Crippen molar-refractivity contribution in [3.8, 4) is 45.6 Å². The number of H-pyrrole nitrogens is 1. The Labute approximate surface area is 210 Å². The second-order valence-electron chi connectivity index (χ2n) is 8.04. The van der Waals surface area contributed by atoms with Gasteiger partial charge in [0.25, 0.3) is 17.3 Å². The normalized spacial score (nSPS) is 10.9. The number of aromatic hydroxyl groups is 1. The zero-order valence-corrected chi connectivity index (χ0v) is 20.4. The maximum Gasteiger partial charge on any atom is 0.264 e. The summed E-state index contributed by atoms with van der Waals surface area (Å²) >= 11 is 0. The molecule has 0 atom stereocenters. The van der Waals surface area contributed by atoms with Crippen molar-refractivity contribution in [3.05, 3.63) is 70.0 Å². The molecule has 194 valence electrons. The van der Waals surface area contributed by atoms with Crippen LogP contribution in [0.25, 0.3) is 22.6 Å². The molecule has 0 saturated carbocycles. The molecule has 4 aromatic rings. The molecule has 4 rings (SSSR count). The van der Waals surface area contributed by atoms with Crippen LogP contribution >= 0.6 is 0 Å². The zero-order chi connectivity index (χ0) is 26.5. The van der Waals surface area contributed by atoms with E-state index in [0.717, 1.165) is 25.0 Å². The number of benzene rings is 2. The van der Waals surface area contributed by atoms with Crippen molar-refractivity contribution < 1.29 is 32.5 Å². The number of methoxy groups -OCH3 is 2. The number of hydrogen-bond acceptors (Lipinski definition) is 8. The molecular formula is C26H25F2N3O6. The Kier molecular flexibility index (Phi) is 7.71. The van der Waals surface area contributed by atoms with Gasteiger partial charge < -0.3 is 28.7 Å². The highest BCUT2D eigenvalue weighted by Gasteiger charge is 2.27. The number of aromatic nitrogens is 3. The third-order valence-electron chi connectivity index (χ3n) is 5.66. The van der Waals surface area contributed by atoms with Crippen LogP contribution in [0.1, 0.15) is 31.4 Å². The molecule has 37 heavy (non-hydrogen) atoms. The molecular weight excluding hydrogens is 488 g/mol. The maximum absolute atomic E-state index is 13.4. The van der Waals surface area contributed by atoms with Crippen LogP contribution in [0.2, 0.25) is 0 Å². The zero-order valence-electron chi connectivity index (χ0n) is 20.4. The van der Waals surface area contributed by atoms with Gasteiger partial charge in [0.2, 0.25) is 0 Å². The summed E-state index contributed by atoms with van der Waals surface area (Å²) in [7, 11) is 2.98. The van der Waals surface area contributed by atoms with Crippen molar-refractivity contribution in [2.45, 2.75) is 32.8 Å². The molecule has 0 unspecified atom stereocenters. The standard InChI is InChI=1S/C26H25F2N3O6/c1-4-5-7-17-21(22-18(34-2)8-6-9-19(22)35-3)24(32)23(25(33)29-17)26-31-30-20(37-26)13-36-14-10-11-15(27)16(28)12-14/h6,8-12H,4-5,7,13H2,1-3H3,(H2,29,32,33). The van der Waals surface area contributed by atoms with Crippen molar-refractivity contribution in [2.24, 2.45) is 0 Å². The molecule has 0 radical (unpaired) electrons. The van der Waals surface area contributed by atoms with Gasteiger partial charge >= 0.3 is 0 Å². The molecule has 2 aromatic heterocycles. The summed E-state index contributed by atoms with van der Waals surface area (Å²) in [6, 6.07) is 8.22. The summed E-state index contributed by atoms with van der Waals surface area (Å²) in [5, 5.41) is 19.1. The van der Waals surface area contributed by atoms with Crippen molar-refractivity contribution in [3.63, 3.8) is 0 Å². The molecule has 2 aromatic carbocycles. The van der Waals surface area contributed by atoms with Crippen molar-refractivity contribution in [1.82, 2.24) is 15.2 Å². The first-order valence-corrected chi connectivity index (χ1v) is 11.5. The van der Waals surface area contributed by atoms with Crippen LogP contribution in [0.4, 0.5) is 8.78 Å². The highest BCUT2D eigenvalue weighted by atomic mass is 19.2. The lowest BCUT2D eigenvalue weighted by Crippen LogP contribution is -2.14. The first-order valence-electron chi connectivity index (χ1n) is 11.5. The molecule has 0 amide bonds. The summed E-state index contributed by atoms with van der Waals surface area (Å²) in [4.78, 5) is 15.9. The first kappa shape index (κ1) is 25.7. The SMILES string of the molecule is CCCCc1[nH]c(=O)c(-c2nnc(COc3ccc(F)c(F)c3)o2)c(O)c1-c1c(OC)cccc1OC. The fraction of sp³-hybridized carbons (Fsp3) is 0.269. The molecule has 0 spiro atoms. The summed E-state index contributed by atoms with van der Waals surface area (Å²) in [6.07, 6.45) is 2.09. The lowest BCUT2D eigenvalue weighted by molar-refractivity contribution is 0.262. The molecule has 0 aliphatic carbocycles. The average molecular weight is 513 g/mol. The Bertz CT molecular complexity index is 1450. The second-order valence-corrected chi connectivity index (χ2v) is 8.04. The molecule has 0 aliphatic rings. The van der Waals surface area contributed by atoms with Crippen LogP contribution in [-0.4, -0.2) is 34.5 Å². The van der Waals surface area contributed by atoms with Gasteiger partial charge in [0.15, 0.2) is 18.2 Å². The molecule has 2 N–H and O–H groups in total. The van der Waals surface area contributed by atoms with Gasteiger partial charge in [0.05, 0.1) is 25.3 Å². The summed E-state index contributed by atoms with van der Waals surface area (Å²) < 4.78 is 48.6. The third kappa shape index (κ3) is 5.25. The van der Waals surface area contributed by atoms with E-state index in [-0.39, 0.29) is 35.5 Å². The van der Waals surface area contributed by atoms with Crippen LogP contribution in [0, 0.1) is 11.6 Å². The number of aryl methyl sites for hydroxylation is 1. The Morgan fingerprint density at radius 1 is 1.00 bits per heavy atom. The Morgan fingerprint density at radius 2 is 1.73 bits per heavy atom. The molecule has 0 bridgehead atoms. The lowest BCUT2D eigenvalue weighted by Gasteiger charge is -2.18. The monoisotopic (exact) mass is 513 g/mol. The van der Waals surface area contributed by atoms with Crippen molar-refractivity contribution in [1.29, 1.82) is 0 Å². The highest BCUT2D eigenvalue weighted by molar-refractivity contribution is 5.86. The highest BCUT2D eigenvalue weighted by Crippen LogP contribution is 2.46. The first-order chi connectivity index (χ1) is 17.9. The minimum atomic E-state index is -1.07. The number of ether oxygens (including phenoxy) is 3. The van der Waals surface area contributed by atoms with E-state index in [1.54, 1.807) is 18.2 Å². The topological polar surface area (TPSA) is 120 Å². The van der Waals surface area contributed by atoms with Crippen LogP contribution < -0.4 is 19.8 Å². The Hall–Kier alpha value is -4.41.